The maximum absolute atomic E-state index is 13.4. The second-order valence-corrected chi connectivity index (χ2v) is 8.62. The van der Waals surface area contributed by atoms with Crippen LogP contribution in [-0.4, -0.2) is 12.7 Å². The van der Waals surface area contributed by atoms with Gasteiger partial charge in [-0.3, -0.25) is 0 Å². The molecule has 6 heteroatoms. The lowest BCUT2D eigenvalue weighted by Gasteiger charge is -2.23. The summed E-state index contributed by atoms with van der Waals surface area (Å²) in [5.74, 6) is 0. The van der Waals surface area contributed by atoms with Gasteiger partial charge < -0.3 is 0 Å². The van der Waals surface area contributed by atoms with Crippen molar-refractivity contribution in [3.63, 3.8) is 0 Å². The molecule has 0 fully saturated rings. The fourth-order valence-corrected chi connectivity index (χ4v) is 4.37. The number of aryl methyl sites for hydroxylation is 1. The van der Waals surface area contributed by atoms with Crippen LogP contribution in [0.2, 0.25) is 0 Å². The highest BCUT2D eigenvalue weighted by Crippen LogP contribution is 2.23. The zero-order valence-electron chi connectivity index (χ0n) is 15.9. The molecular formula is C23H19N3O2S. The summed E-state index contributed by atoms with van der Waals surface area (Å²) in [4.78, 5) is 3.63. The van der Waals surface area contributed by atoms with Gasteiger partial charge >= 0.3 is 0 Å². The van der Waals surface area contributed by atoms with E-state index in [9.17, 15) is 8.42 Å². The standard InChI is InChI=1S/C23H19N3O2S/c1-18-9-11-23(12-10-18)29(27,28)26(16-20-6-3-5-19(13-20)15-24)17-21-7-4-8-22(14-21)25-2/h3-14H,16-17H2,1H3. The smallest absolute Gasteiger partial charge is 0.238 e. The lowest BCUT2D eigenvalue weighted by Crippen LogP contribution is -2.30. The lowest BCUT2D eigenvalue weighted by molar-refractivity contribution is 0.401. The van der Waals surface area contributed by atoms with Crippen LogP contribution in [0.25, 0.3) is 4.85 Å². The van der Waals surface area contributed by atoms with E-state index in [4.69, 9.17) is 11.8 Å². The quantitative estimate of drug-likeness (QED) is 0.557. The second-order valence-electron chi connectivity index (χ2n) is 6.68. The Kier molecular flexibility index (Phi) is 6.09. The average Bonchev–Trinajstić information content (AvgIpc) is 2.74. The van der Waals surface area contributed by atoms with Crippen LogP contribution in [0.15, 0.2) is 77.7 Å². The molecule has 0 aliphatic rings. The Morgan fingerprint density at radius 1 is 0.966 bits per heavy atom. The molecule has 0 unspecified atom stereocenters. The van der Waals surface area contributed by atoms with Crippen molar-refractivity contribution >= 4 is 15.7 Å². The molecule has 0 N–H and O–H groups in total. The van der Waals surface area contributed by atoms with E-state index >= 15 is 0 Å². The third-order valence-electron chi connectivity index (χ3n) is 4.47. The summed E-state index contributed by atoms with van der Waals surface area (Å²) in [7, 11) is -3.78. The summed E-state index contributed by atoms with van der Waals surface area (Å²) in [5, 5.41) is 9.14. The van der Waals surface area contributed by atoms with Gasteiger partial charge in [-0.1, -0.05) is 54.1 Å². The molecule has 0 amide bonds. The van der Waals surface area contributed by atoms with Crippen molar-refractivity contribution < 1.29 is 8.42 Å². The van der Waals surface area contributed by atoms with Gasteiger partial charge in [-0.25, -0.2) is 13.3 Å². The minimum Gasteiger partial charge on any atom is -0.238 e. The zero-order valence-corrected chi connectivity index (χ0v) is 16.7. The van der Waals surface area contributed by atoms with Crippen LogP contribution in [-0.2, 0) is 23.1 Å². The maximum atomic E-state index is 13.4. The first-order valence-corrected chi connectivity index (χ1v) is 10.4. The van der Waals surface area contributed by atoms with E-state index in [1.54, 1.807) is 72.8 Å². The number of sulfonamides is 1. The summed E-state index contributed by atoms with van der Waals surface area (Å²) >= 11 is 0. The van der Waals surface area contributed by atoms with E-state index in [1.165, 1.54) is 4.31 Å². The fourth-order valence-electron chi connectivity index (χ4n) is 2.96. The predicted octanol–water partition coefficient (Wildman–Crippen LogP) is 4.81. The summed E-state index contributed by atoms with van der Waals surface area (Å²) in [6.07, 6.45) is 0. The van der Waals surface area contributed by atoms with E-state index in [0.29, 0.717) is 11.3 Å². The minimum absolute atomic E-state index is 0.119. The van der Waals surface area contributed by atoms with Gasteiger partial charge in [0, 0.05) is 13.1 Å². The molecule has 5 nitrogen and oxygen atoms in total. The number of nitriles is 1. The van der Waals surface area contributed by atoms with Gasteiger partial charge in [0.25, 0.3) is 0 Å². The minimum atomic E-state index is -3.78. The normalized spacial score (nSPS) is 11.0. The highest BCUT2D eigenvalue weighted by Gasteiger charge is 2.25. The van der Waals surface area contributed by atoms with E-state index in [-0.39, 0.29) is 18.0 Å². The van der Waals surface area contributed by atoms with E-state index in [1.807, 2.05) is 6.92 Å². The first kappa shape index (κ1) is 20.3. The monoisotopic (exact) mass is 401 g/mol. The highest BCUT2D eigenvalue weighted by molar-refractivity contribution is 7.89. The van der Waals surface area contributed by atoms with Crippen molar-refractivity contribution in [3.8, 4) is 6.07 Å². The highest BCUT2D eigenvalue weighted by atomic mass is 32.2. The summed E-state index contributed by atoms with van der Waals surface area (Å²) < 4.78 is 28.1. The number of hydrogen-bond donors (Lipinski definition) is 0. The van der Waals surface area contributed by atoms with E-state index in [2.05, 4.69) is 10.9 Å². The van der Waals surface area contributed by atoms with E-state index < -0.39 is 10.0 Å². The summed E-state index contributed by atoms with van der Waals surface area (Å²) in [6, 6.07) is 22.6. The van der Waals surface area contributed by atoms with Crippen LogP contribution in [0.3, 0.4) is 0 Å². The van der Waals surface area contributed by atoms with Crippen molar-refractivity contribution in [2.24, 2.45) is 0 Å². The molecule has 0 bridgehead atoms. The lowest BCUT2D eigenvalue weighted by atomic mass is 10.1. The maximum Gasteiger partial charge on any atom is 0.243 e. The van der Waals surface area contributed by atoms with Gasteiger partial charge in [0.05, 0.1) is 23.1 Å². The Morgan fingerprint density at radius 2 is 1.59 bits per heavy atom. The van der Waals surface area contributed by atoms with Crippen molar-refractivity contribution in [2.75, 3.05) is 0 Å². The van der Waals surface area contributed by atoms with Crippen LogP contribution < -0.4 is 0 Å². The van der Waals surface area contributed by atoms with Crippen LogP contribution in [0.5, 0.6) is 0 Å². The summed E-state index contributed by atoms with van der Waals surface area (Å²) in [5.41, 5.74) is 3.36. The molecule has 0 radical (unpaired) electrons. The molecule has 144 valence electrons. The van der Waals surface area contributed by atoms with Gasteiger partial charge in [0.2, 0.25) is 10.0 Å². The van der Waals surface area contributed by atoms with Crippen molar-refractivity contribution in [3.05, 3.63) is 106 Å². The van der Waals surface area contributed by atoms with Crippen molar-refractivity contribution in [2.45, 2.75) is 24.9 Å². The number of benzene rings is 3. The second kappa shape index (κ2) is 8.70. The third-order valence-corrected chi connectivity index (χ3v) is 6.28. The Morgan fingerprint density at radius 3 is 2.21 bits per heavy atom. The van der Waals surface area contributed by atoms with Crippen molar-refractivity contribution in [1.82, 2.24) is 4.31 Å². The molecule has 0 spiro atoms. The van der Waals surface area contributed by atoms with Crippen LogP contribution >= 0.6 is 0 Å². The van der Waals surface area contributed by atoms with Gasteiger partial charge in [0.1, 0.15) is 0 Å². The molecule has 0 heterocycles. The summed E-state index contributed by atoms with van der Waals surface area (Å²) in [6.45, 7) is 9.33. The SMILES string of the molecule is [C-]#[N+]c1cccc(CN(Cc2cccc(C#N)c2)S(=O)(=O)c2ccc(C)cc2)c1. The molecule has 0 aliphatic carbocycles. The largest absolute Gasteiger partial charge is 0.243 e. The van der Waals surface area contributed by atoms with E-state index in [0.717, 1.165) is 16.7 Å². The zero-order chi connectivity index (χ0) is 20.9. The van der Waals surface area contributed by atoms with Gasteiger partial charge in [-0.2, -0.15) is 9.57 Å². The molecule has 3 aromatic rings. The van der Waals surface area contributed by atoms with Crippen LogP contribution in [0, 0.1) is 24.8 Å². The molecule has 0 saturated heterocycles. The van der Waals surface area contributed by atoms with Gasteiger partial charge in [0.15, 0.2) is 5.69 Å². The molecule has 29 heavy (non-hydrogen) atoms. The molecule has 0 saturated carbocycles. The topological polar surface area (TPSA) is 65.5 Å². The molecule has 0 atom stereocenters. The Balaban J connectivity index is 2.01. The van der Waals surface area contributed by atoms with Crippen LogP contribution in [0.4, 0.5) is 5.69 Å². The average molecular weight is 401 g/mol. The molecular weight excluding hydrogens is 382 g/mol. The van der Waals surface area contributed by atoms with Gasteiger partial charge in [-0.15, -0.1) is 0 Å². The fraction of sp³-hybridized carbons (Fsp3) is 0.130. The third kappa shape index (κ3) is 4.89. The predicted molar refractivity (Wildman–Crippen MR) is 111 cm³/mol. The number of nitrogens with zero attached hydrogens (tertiary/aromatic N) is 3. The molecule has 0 aliphatic heterocycles. The first-order chi connectivity index (χ1) is 13.9. The Hall–Kier alpha value is -3.45. The number of rotatable bonds is 6. The Labute approximate surface area is 171 Å². The van der Waals surface area contributed by atoms with Crippen LogP contribution in [0.1, 0.15) is 22.3 Å². The molecule has 3 rings (SSSR count). The first-order valence-electron chi connectivity index (χ1n) is 8.94. The number of hydrogen-bond acceptors (Lipinski definition) is 3. The van der Waals surface area contributed by atoms with Gasteiger partial charge in [-0.05, 0) is 42.3 Å². The molecule has 0 aromatic heterocycles. The van der Waals surface area contributed by atoms with Crippen molar-refractivity contribution in [1.29, 1.82) is 5.26 Å². The molecule has 3 aromatic carbocycles. The Bertz CT molecular complexity index is 1140.